The topological polar surface area (TPSA) is 75.8 Å². The zero-order valence-electron chi connectivity index (χ0n) is 14.1. The van der Waals surface area contributed by atoms with Gasteiger partial charge in [0.25, 0.3) is 0 Å². The fourth-order valence-electron chi connectivity index (χ4n) is 3.96. The van der Waals surface area contributed by atoms with Crippen molar-refractivity contribution in [3.05, 3.63) is 35.4 Å². The van der Waals surface area contributed by atoms with Crippen LogP contribution in [0.3, 0.4) is 0 Å². The molecule has 1 aromatic rings. The molecule has 2 fully saturated rings. The Morgan fingerprint density at radius 1 is 1.36 bits per heavy atom. The van der Waals surface area contributed by atoms with Gasteiger partial charge in [-0.05, 0) is 18.9 Å². The zero-order valence-corrected chi connectivity index (χ0v) is 14.1. The maximum atomic E-state index is 13.7. The molecule has 25 heavy (non-hydrogen) atoms. The maximum Gasteiger partial charge on any atom is 0.227 e. The van der Waals surface area contributed by atoms with Crippen molar-refractivity contribution in [2.45, 2.75) is 37.9 Å². The van der Waals surface area contributed by atoms with E-state index in [2.05, 4.69) is 0 Å². The Morgan fingerprint density at radius 3 is 2.72 bits per heavy atom. The van der Waals surface area contributed by atoms with E-state index < -0.39 is 17.7 Å². The van der Waals surface area contributed by atoms with Crippen molar-refractivity contribution in [2.75, 3.05) is 26.2 Å². The highest BCUT2D eigenvalue weighted by Crippen LogP contribution is 2.50. The number of nitrogens with zero attached hydrogens (tertiary/aromatic N) is 1. The van der Waals surface area contributed by atoms with Gasteiger partial charge in [0.15, 0.2) is 11.6 Å². The summed E-state index contributed by atoms with van der Waals surface area (Å²) in [5.41, 5.74) is 5.23. The van der Waals surface area contributed by atoms with Gasteiger partial charge in [-0.1, -0.05) is 12.1 Å². The third-order valence-corrected chi connectivity index (χ3v) is 5.60. The molecule has 5 nitrogen and oxygen atoms in total. The largest absolute Gasteiger partial charge is 0.392 e. The monoisotopic (exact) mass is 354 g/mol. The molecule has 0 radical (unpaired) electrons. The summed E-state index contributed by atoms with van der Waals surface area (Å²) in [4.78, 5) is 14.1. The standard InChI is InChI=1S/C18H24F2N2O3/c19-13-3-1-2-12(17(13)20)10-16(24)22-7-4-18(5-8-22)14(23)11-15(18)25-9-6-21/h1-3,14-15,23H,4-11,21H2/t14-,15+/m1/s1. The molecule has 2 atom stereocenters. The number of aliphatic hydroxyl groups is 1. The SMILES string of the molecule is NCCO[C@H]1C[C@@H](O)C12CCN(C(=O)Cc1cccc(F)c1F)CC2. The molecule has 138 valence electrons. The highest BCUT2D eigenvalue weighted by atomic mass is 19.2. The van der Waals surface area contributed by atoms with Crippen molar-refractivity contribution >= 4 is 5.91 Å². The van der Waals surface area contributed by atoms with Gasteiger partial charge in [-0.2, -0.15) is 0 Å². The van der Waals surface area contributed by atoms with Crippen molar-refractivity contribution in [1.29, 1.82) is 0 Å². The molecule has 1 aliphatic heterocycles. The minimum Gasteiger partial charge on any atom is -0.392 e. The molecule has 1 spiro atoms. The Labute approximate surface area is 145 Å². The van der Waals surface area contributed by atoms with Gasteiger partial charge in [0.1, 0.15) is 0 Å². The number of amides is 1. The van der Waals surface area contributed by atoms with Crippen LogP contribution in [0.15, 0.2) is 18.2 Å². The molecule has 1 saturated heterocycles. The van der Waals surface area contributed by atoms with Crippen LogP contribution < -0.4 is 5.73 Å². The summed E-state index contributed by atoms with van der Waals surface area (Å²) in [7, 11) is 0. The number of nitrogens with two attached hydrogens (primary N) is 1. The summed E-state index contributed by atoms with van der Waals surface area (Å²) in [6, 6.07) is 3.86. The van der Waals surface area contributed by atoms with Gasteiger partial charge in [0.2, 0.25) is 5.91 Å². The summed E-state index contributed by atoms with van der Waals surface area (Å²) < 4.78 is 32.7. The van der Waals surface area contributed by atoms with E-state index in [0.29, 0.717) is 45.5 Å². The second-order valence-corrected chi connectivity index (χ2v) is 6.90. The first-order valence-corrected chi connectivity index (χ1v) is 8.68. The van der Waals surface area contributed by atoms with Crippen LogP contribution >= 0.6 is 0 Å². The van der Waals surface area contributed by atoms with Gasteiger partial charge >= 0.3 is 0 Å². The molecule has 1 heterocycles. The Kier molecular flexibility index (Phi) is 5.36. The number of carbonyl (C=O) groups excluding carboxylic acids is 1. The first-order chi connectivity index (χ1) is 12.0. The minimum absolute atomic E-state index is 0.0241. The minimum atomic E-state index is -0.964. The zero-order chi connectivity index (χ0) is 18.0. The van der Waals surface area contributed by atoms with Crippen LogP contribution in [0.5, 0.6) is 0 Å². The molecular formula is C18H24F2N2O3. The van der Waals surface area contributed by atoms with Crippen molar-refractivity contribution in [2.24, 2.45) is 11.1 Å². The third-order valence-electron chi connectivity index (χ3n) is 5.60. The number of aliphatic hydroxyl groups excluding tert-OH is 1. The summed E-state index contributed by atoms with van der Waals surface area (Å²) in [6.07, 6.45) is 1.27. The first kappa shape index (κ1) is 18.2. The molecule has 1 aromatic carbocycles. The van der Waals surface area contributed by atoms with Gasteiger partial charge in [-0.15, -0.1) is 0 Å². The van der Waals surface area contributed by atoms with E-state index in [9.17, 15) is 18.7 Å². The van der Waals surface area contributed by atoms with Crippen molar-refractivity contribution in [3.63, 3.8) is 0 Å². The van der Waals surface area contributed by atoms with E-state index in [1.807, 2.05) is 0 Å². The number of hydrogen-bond acceptors (Lipinski definition) is 4. The quantitative estimate of drug-likeness (QED) is 0.834. The fraction of sp³-hybridized carbons (Fsp3) is 0.611. The normalized spacial score (nSPS) is 25.0. The predicted molar refractivity (Wildman–Crippen MR) is 87.7 cm³/mol. The number of halogens is 2. The fourth-order valence-corrected chi connectivity index (χ4v) is 3.96. The lowest BCUT2D eigenvalue weighted by Crippen LogP contribution is -2.63. The Balaban J connectivity index is 1.58. The molecule has 1 saturated carbocycles. The first-order valence-electron chi connectivity index (χ1n) is 8.68. The molecule has 0 bridgehead atoms. The van der Waals surface area contributed by atoms with E-state index in [-0.39, 0.29) is 29.4 Å². The van der Waals surface area contributed by atoms with Crippen molar-refractivity contribution < 1.29 is 23.4 Å². The molecule has 1 amide bonds. The number of carbonyl (C=O) groups is 1. The average Bonchev–Trinajstić information content (AvgIpc) is 2.62. The Bertz CT molecular complexity index is 633. The molecule has 3 N–H and O–H groups in total. The predicted octanol–water partition coefficient (Wildman–Crippen LogP) is 1.22. The number of ether oxygens (including phenoxy) is 1. The maximum absolute atomic E-state index is 13.7. The smallest absolute Gasteiger partial charge is 0.227 e. The van der Waals surface area contributed by atoms with Crippen LogP contribution in [0.2, 0.25) is 0 Å². The lowest BCUT2D eigenvalue weighted by molar-refractivity contribution is -0.210. The van der Waals surface area contributed by atoms with Gasteiger partial charge < -0.3 is 20.5 Å². The van der Waals surface area contributed by atoms with E-state index in [1.54, 1.807) is 4.90 Å². The van der Waals surface area contributed by atoms with Gasteiger partial charge in [-0.3, -0.25) is 4.79 Å². The highest BCUT2D eigenvalue weighted by Gasteiger charge is 2.56. The van der Waals surface area contributed by atoms with Crippen LogP contribution in [0.1, 0.15) is 24.8 Å². The molecule has 1 aliphatic carbocycles. The summed E-state index contributed by atoms with van der Waals surface area (Å²) in [6.45, 7) is 1.86. The van der Waals surface area contributed by atoms with Crippen LogP contribution in [0.4, 0.5) is 8.78 Å². The number of hydrogen-bond donors (Lipinski definition) is 2. The van der Waals surface area contributed by atoms with Crippen LogP contribution in [-0.4, -0.2) is 54.4 Å². The summed E-state index contributed by atoms with van der Waals surface area (Å²) in [5.74, 6) is -2.14. The second kappa shape index (κ2) is 7.35. The molecule has 0 aromatic heterocycles. The Morgan fingerprint density at radius 2 is 2.08 bits per heavy atom. The van der Waals surface area contributed by atoms with Gasteiger partial charge in [-0.25, -0.2) is 8.78 Å². The second-order valence-electron chi connectivity index (χ2n) is 6.90. The van der Waals surface area contributed by atoms with E-state index >= 15 is 0 Å². The Hall–Kier alpha value is -1.57. The number of likely N-dealkylation sites (tertiary alicyclic amines) is 1. The van der Waals surface area contributed by atoms with Gasteiger partial charge in [0.05, 0.1) is 25.2 Å². The van der Waals surface area contributed by atoms with Crippen LogP contribution in [-0.2, 0) is 16.0 Å². The molecule has 7 heteroatoms. The van der Waals surface area contributed by atoms with E-state index in [0.717, 1.165) is 6.07 Å². The molecule has 3 rings (SSSR count). The number of piperidine rings is 1. The number of rotatable bonds is 5. The van der Waals surface area contributed by atoms with E-state index in [4.69, 9.17) is 10.5 Å². The van der Waals surface area contributed by atoms with Crippen molar-refractivity contribution in [1.82, 2.24) is 4.90 Å². The molecule has 2 aliphatic rings. The average molecular weight is 354 g/mol. The lowest BCUT2D eigenvalue weighted by Gasteiger charge is -2.56. The molecule has 0 unspecified atom stereocenters. The van der Waals surface area contributed by atoms with Crippen LogP contribution in [0.25, 0.3) is 0 Å². The third kappa shape index (κ3) is 3.41. The van der Waals surface area contributed by atoms with Crippen molar-refractivity contribution in [3.8, 4) is 0 Å². The summed E-state index contributed by atoms with van der Waals surface area (Å²) >= 11 is 0. The molecular weight excluding hydrogens is 330 g/mol. The summed E-state index contributed by atoms with van der Waals surface area (Å²) in [5, 5.41) is 10.2. The van der Waals surface area contributed by atoms with E-state index in [1.165, 1.54) is 12.1 Å². The highest BCUT2D eigenvalue weighted by molar-refractivity contribution is 5.79. The van der Waals surface area contributed by atoms with Crippen LogP contribution in [0, 0.1) is 17.0 Å². The number of benzene rings is 1. The lowest BCUT2D eigenvalue weighted by atomic mass is 9.58. The van der Waals surface area contributed by atoms with Gasteiger partial charge in [0, 0.05) is 37.0 Å².